The maximum absolute atomic E-state index is 13.6. The largest absolute Gasteiger partial charge is 0.508 e. The average molecular weight is 1050 g/mol. The van der Waals surface area contributed by atoms with Gasteiger partial charge in [-0.25, -0.2) is 18.8 Å². The number of carboxylic acid groups (broad SMARTS) is 2. The van der Waals surface area contributed by atoms with Gasteiger partial charge in [0, 0.05) is 90.3 Å². The van der Waals surface area contributed by atoms with E-state index < -0.39 is 46.9 Å². The number of carboxylic acids is 2. The van der Waals surface area contributed by atoms with Gasteiger partial charge in [0.25, 0.3) is 11.8 Å². The van der Waals surface area contributed by atoms with Crippen LogP contribution in [0.4, 0.5) is 5.69 Å². The average Bonchev–Trinajstić information content (AvgIpc) is 3.84. The van der Waals surface area contributed by atoms with Crippen LogP contribution in [0.25, 0.3) is 66.5 Å². The van der Waals surface area contributed by atoms with E-state index in [1.54, 1.807) is 24.3 Å². The summed E-state index contributed by atoms with van der Waals surface area (Å²) >= 11 is 0. The van der Waals surface area contributed by atoms with Gasteiger partial charge in [-0.2, -0.15) is 0 Å². The molecule has 8 N–H and O–H groups in total. The molecule has 2 aromatic heterocycles. The van der Waals surface area contributed by atoms with Gasteiger partial charge in [0.2, 0.25) is 11.8 Å². The summed E-state index contributed by atoms with van der Waals surface area (Å²) in [4.78, 5) is 86.7. The van der Waals surface area contributed by atoms with Crippen molar-refractivity contribution in [2.75, 3.05) is 26.0 Å². The number of amides is 2. The molecule has 2 amide bonds. The van der Waals surface area contributed by atoms with E-state index in [4.69, 9.17) is 13.7 Å². The third-order valence-corrected chi connectivity index (χ3v) is 13.2. The number of fused-ring (bicyclic) bond motifs is 4. The molecule has 0 atom stereocenters. The number of hydrogen-bond donors (Lipinski definition) is 8. The molecule has 8 aromatic rings. The number of aromatic carboxylic acids is 2. The van der Waals surface area contributed by atoms with E-state index in [-0.39, 0.29) is 80.3 Å². The van der Waals surface area contributed by atoms with Crippen molar-refractivity contribution in [3.63, 3.8) is 0 Å². The van der Waals surface area contributed by atoms with Gasteiger partial charge in [-0.3, -0.25) is 14.4 Å². The third-order valence-electron chi connectivity index (χ3n) is 13.2. The molecule has 0 saturated carbocycles. The molecule has 390 valence electrons. The molecule has 0 bridgehead atoms. The Labute approximate surface area is 441 Å². The molecular formula is C59H46N5O14+. The topological polar surface area (TPSA) is 282 Å². The number of nitrogens with one attached hydrogen (secondary N) is 3. The number of benzene rings is 7. The number of aromatic nitrogens is 1. The standard InChI is InChI=1S/C59H45N5O14/c1-60-27-31-6-13-39-47(22-31)76-48-25-35(63(2)3)11-16-40(48)52(39)37-14-9-33(23-43(37)57(71)72)56(70)61-28-30-4-7-32(8-5-30)55(69)62-29-45-46(66)19-18-42-53(41-17-12-36(65)26-49(41)77-54(42)45)38-15-10-34(24-44(38)58(73)74)59(75)78-64-50(67)20-21-51(64)68/h4-26,60H,27-29H2,1-3H3,(H6-,61,62,65,66,67,68,69,70,71,72,73,74,75)/p+1. The molecule has 78 heavy (non-hydrogen) atoms. The highest BCUT2D eigenvalue weighted by molar-refractivity contribution is 6.13. The van der Waals surface area contributed by atoms with Crippen molar-refractivity contribution in [2.24, 2.45) is 0 Å². The first-order valence-corrected chi connectivity index (χ1v) is 24.1. The molecule has 19 heteroatoms. The van der Waals surface area contributed by atoms with Crippen molar-refractivity contribution in [3.05, 3.63) is 194 Å². The molecule has 6 aromatic carbocycles. The van der Waals surface area contributed by atoms with Crippen LogP contribution in [-0.4, -0.2) is 81.1 Å². The SMILES string of the molecule is CNCc1ccc2c(-c3ccc(C(=O)NCc4ccc(C(=O)NCc5c6oc7cc(O)ccc7c(-c7ccc(C(=O)On8c(O)ccc8O)cc7C(=O)O)c-6ccc5=O)cc4)cc3C(=O)O)c3ccc(N(C)C)cc3[o+]c2c1. The van der Waals surface area contributed by atoms with Gasteiger partial charge in [-0.1, -0.05) is 30.3 Å². The summed E-state index contributed by atoms with van der Waals surface area (Å²) in [5.74, 6) is -6.31. The second-order valence-corrected chi connectivity index (χ2v) is 18.4. The number of anilines is 1. The highest BCUT2D eigenvalue weighted by atomic mass is 16.7. The zero-order chi connectivity index (χ0) is 55.1. The van der Waals surface area contributed by atoms with Crippen LogP contribution in [0.15, 0.2) is 153 Å². The fraction of sp³-hybridized carbons (Fsp3) is 0.102. The first kappa shape index (κ1) is 51.0. The van der Waals surface area contributed by atoms with E-state index >= 15 is 0 Å². The van der Waals surface area contributed by atoms with Crippen LogP contribution in [0, 0.1) is 0 Å². The molecule has 2 aliphatic rings. The van der Waals surface area contributed by atoms with Crippen molar-refractivity contribution in [1.29, 1.82) is 0 Å². The van der Waals surface area contributed by atoms with Crippen LogP contribution in [0.1, 0.15) is 68.5 Å². The minimum Gasteiger partial charge on any atom is -0.508 e. The Hall–Kier alpha value is -10.5. The molecule has 3 heterocycles. The number of phenolic OH excluding ortho intramolecular Hbond substituents is 1. The van der Waals surface area contributed by atoms with Crippen LogP contribution >= 0.6 is 0 Å². The van der Waals surface area contributed by atoms with Crippen LogP contribution in [0.5, 0.6) is 17.5 Å². The number of nitrogens with zero attached hydrogens (tertiary/aromatic N) is 2. The van der Waals surface area contributed by atoms with Crippen LogP contribution < -0.4 is 31.1 Å². The van der Waals surface area contributed by atoms with Crippen molar-refractivity contribution in [3.8, 4) is 51.1 Å². The molecule has 19 nitrogen and oxygen atoms in total. The fourth-order valence-electron chi connectivity index (χ4n) is 9.35. The molecule has 0 spiro atoms. The Morgan fingerprint density at radius 1 is 0.590 bits per heavy atom. The Kier molecular flexibility index (Phi) is 13.5. The lowest BCUT2D eigenvalue weighted by Crippen LogP contribution is -2.27. The summed E-state index contributed by atoms with van der Waals surface area (Å²) in [6.45, 7) is 0.258. The molecule has 0 unspecified atom stereocenters. The van der Waals surface area contributed by atoms with Crippen molar-refractivity contribution in [2.45, 2.75) is 19.6 Å². The lowest BCUT2D eigenvalue weighted by atomic mass is 9.88. The fourth-order valence-corrected chi connectivity index (χ4v) is 9.35. The van der Waals surface area contributed by atoms with Gasteiger partial charge in [-0.15, -0.1) is 4.73 Å². The van der Waals surface area contributed by atoms with E-state index in [1.807, 2.05) is 62.4 Å². The molecule has 10 rings (SSSR count). The monoisotopic (exact) mass is 1050 g/mol. The Morgan fingerprint density at radius 2 is 1.17 bits per heavy atom. The van der Waals surface area contributed by atoms with E-state index in [2.05, 4.69) is 16.0 Å². The maximum Gasteiger partial charge on any atom is 0.363 e. The normalized spacial score (nSPS) is 11.3. The van der Waals surface area contributed by atoms with Gasteiger partial charge in [0.05, 0.1) is 45.6 Å². The van der Waals surface area contributed by atoms with Crippen molar-refractivity contribution < 1.29 is 63.2 Å². The molecule has 0 radical (unpaired) electrons. The first-order chi connectivity index (χ1) is 37.5. The molecule has 1 aliphatic carbocycles. The third kappa shape index (κ3) is 9.70. The zero-order valence-corrected chi connectivity index (χ0v) is 41.7. The molecular weight excluding hydrogens is 1000 g/mol. The van der Waals surface area contributed by atoms with Crippen molar-refractivity contribution >= 4 is 68.3 Å². The number of phenols is 1. The van der Waals surface area contributed by atoms with Crippen molar-refractivity contribution in [1.82, 2.24) is 20.7 Å². The number of aromatic hydroxyl groups is 3. The highest BCUT2D eigenvalue weighted by Gasteiger charge is 2.29. The number of rotatable bonds is 15. The highest BCUT2D eigenvalue weighted by Crippen LogP contribution is 2.44. The Morgan fingerprint density at radius 3 is 1.85 bits per heavy atom. The van der Waals surface area contributed by atoms with Crippen LogP contribution in [0.2, 0.25) is 0 Å². The lowest BCUT2D eigenvalue weighted by Gasteiger charge is -2.19. The van der Waals surface area contributed by atoms with E-state index in [0.29, 0.717) is 55.3 Å². The minimum absolute atomic E-state index is 0.00692. The summed E-state index contributed by atoms with van der Waals surface area (Å²) in [5.41, 5.74) is 4.34. The number of hydrogen-bond acceptors (Lipinski definition) is 13. The first-order valence-electron chi connectivity index (χ1n) is 24.1. The Bertz CT molecular complexity index is 4120. The Balaban J connectivity index is 0.869. The zero-order valence-electron chi connectivity index (χ0n) is 41.7. The minimum atomic E-state index is -1.45. The summed E-state index contributed by atoms with van der Waals surface area (Å²) in [7, 11) is 5.67. The second-order valence-electron chi connectivity index (χ2n) is 18.4. The maximum atomic E-state index is 13.6. The molecule has 0 saturated heterocycles. The second kappa shape index (κ2) is 20.6. The van der Waals surface area contributed by atoms with Gasteiger partial charge < -0.3 is 55.6 Å². The van der Waals surface area contributed by atoms with Gasteiger partial charge in [0.1, 0.15) is 17.1 Å². The predicted molar refractivity (Wildman–Crippen MR) is 288 cm³/mol. The summed E-state index contributed by atoms with van der Waals surface area (Å²) < 4.78 is 13.1. The van der Waals surface area contributed by atoms with E-state index in [9.17, 15) is 54.3 Å². The number of carbonyl (C=O) groups excluding carboxylic acids is 3. The molecule has 0 fully saturated rings. The van der Waals surface area contributed by atoms with Gasteiger partial charge in [0.15, 0.2) is 5.43 Å². The lowest BCUT2D eigenvalue weighted by molar-refractivity contribution is 0.0381. The van der Waals surface area contributed by atoms with Gasteiger partial charge >= 0.3 is 29.1 Å². The number of carbonyl (C=O) groups is 5. The summed E-state index contributed by atoms with van der Waals surface area (Å²) in [6.07, 6.45) is 0. The smallest absolute Gasteiger partial charge is 0.363 e. The van der Waals surface area contributed by atoms with Crippen LogP contribution in [-0.2, 0) is 19.6 Å². The predicted octanol–water partition coefficient (Wildman–Crippen LogP) is 8.64. The quantitative estimate of drug-likeness (QED) is 0.0352. The van der Waals surface area contributed by atoms with E-state index in [1.165, 1.54) is 60.7 Å². The van der Waals surface area contributed by atoms with Crippen LogP contribution in [0.3, 0.4) is 0 Å². The van der Waals surface area contributed by atoms with E-state index in [0.717, 1.165) is 29.4 Å². The summed E-state index contributed by atoms with van der Waals surface area (Å²) in [5, 5.41) is 61.8. The molecule has 1 aliphatic heterocycles. The van der Waals surface area contributed by atoms with Gasteiger partial charge in [-0.05, 0) is 108 Å². The summed E-state index contributed by atoms with van der Waals surface area (Å²) in [6, 6.07) is 34.9.